The molecule has 0 aliphatic heterocycles. The first-order chi connectivity index (χ1) is 9.20. The molecular formula is C16H12BrNO. The van der Waals surface area contributed by atoms with Gasteiger partial charge in [0.2, 0.25) is 0 Å². The Kier molecular flexibility index (Phi) is 4.48. The van der Waals surface area contributed by atoms with E-state index in [1.54, 1.807) is 12.1 Å². The summed E-state index contributed by atoms with van der Waals surface area (Å²) in [7, 11) is 0. The molecule has 2 rings (SSSR count). The zero-order valence-electron chi connectivity index (χ0n) is 10.2. The van der Waals surface area contributed by atoms with Crippen LogP contribution in [0.3, 0.4) is 0 Å². The van der Waals surface area contributed by atoms with Gasteiger partial charge in [-0.15, -0.1) is 0 Å². The van der Waals surface area contributed by atoms with Crippen molar-refractivity contribution in [3.8, 4) is 6.07 Å². The smallest absolute Gasteiger partial charge is 0.164 e. The molecule has 0 fully saturated rings. The molecule has 0 aliphatic rings. The molecule has 2 nitrogen and oxygen atoms in total. The van der Waals surface area contributed by atoms with Crippen molar-refractivity contribution in [1.82, 2.24) is 0 Å². The molecule has 0 saturated heterocycles. The predicted octanol–water partition coefficient (Wildman–Crippen LogP) is 4.33. The SMILES string of the molecule is N#CC(CC(=O)c1cccc(Br)c1)c1ccccc1. The number of halogens is 1. The first kappa shape index (κ1) is 13.5. The molecule has 0 radical (unpaired) electrons. The molecule has 94 valence electrons. The van der Waals surface area contributed by atoms with E-state index in [1.165, 1.54) is 0 Å². The highest BCUT2D eigenvalue weighted by atomic mass is 79.9. The Labute approximate surface area is 120 Å². The molecule has 1 unspecified atom stereocenters. The summed E-state index contributed by atoms with van der Waals surface area (Å²) in [5, 5.41) is 9.22. The fraction of sp³-hybridized carbons (Fsp3) is 0.125. The lowest BCUT2D eigenvalue weighted by Crippen LogP contribution is -2.06. The maximum atomic E-state index is 12.2. The van der Waals surface area contributed by atoms with E-state index in [2.05, 4.69) is 22.0 Å². The van der Waals surface area contributed by atoms with E-state index in [4.69, 9.17) is 0 Å². The fourth-order valence-electron chi connectivity index (χ4n) is 1.89. The van der Waals surface area contributed by atoms with Gasteiger partial charge < -0.3 is 0 Å². The summed E-state index contributed by atoms with van der Waals surface area (Å²) in [6, 6.07) is 18.8. The maximum absolute atomic E-state index is 12.2. The van der Waals surface area contributed by atoms with Crippen molar-refractivity contribution in [2.45, 2.75) is 12.3 Å². The summed E-state index contributed by atoms with van der Waals surface area (Å²) in [6.07, 6.45) is 0.205. The number of benzene rings is 2. The van der Waals surface area contributed by atoms with Crippen LogP contribution in [0.5, 0.6) is 0 Å². The molecule has 3 heteroatoms. The normalized spacial score (nSPS) is 11.6. The monoisotopic (exact) mass is 313 g/mol. The van der Waals surface area contributed by atoms with E-state index < -0.39 is 5.92 Å². The van der Waals surface area contributed by atoms with Gasteiger partial charge in [0, 0.05) is 16.5 Å². The van der Waals surface area contributed by atoms with Crippen LogP contribution in [0, 0.1) is 11.3 Å². The second-order valence-corrected chi connectivity index (χ2v) is 5.15. The van der Waals surface area contributed by atoms with E-state index in [1.807, 2.05) is 42.5 Å². The molecule has 0 bridgehead atoms. The van der Waals surface area contributed by atoms with E-state index in [-0.39, 0.29) is 12.2 Å². The molecule has 0 heterocycles. The number of hydrogen-bond donors (Lipinski definition) is 0. The number of ketones is 1. The number of nitrogens with zero attached hydrogens (tertiary/aromatic N) is 1. The lowest BCUT2D eigenvalue weighted by atomic mass is 9.93. The van der Waals surface area contributed by atoms with Crippen molar-refractivity contribution < 1.29 is 4.79 Å². The minimum absolute atomic E-state index is 0.0169. The number of carbonyl (C=O) groups is 1. The largest absolute Gasteiger partial charge is 0.294 e. The highest BCUT2D eigenvalue weighted by Gasteiger charge is 2.16. The average molecular weight is 314 g/mol. The van der Waals surface area contributed by atoms with Crippen LogP contribution in [0.4, 0.5) is 0 Å². The van der Waals surface area contributed by atoms with Crippen molar-refractivity contribution in [3.63, 3.8) is 0 Å². The predicted molar refractivity (Wildman–Crippen MR) is 77.9 cm³/mol. The molecule has 0 N–H and O–H groups in total. The molecule has 0 spiro atoms. The first-order valence-corrected chi connectivity index (χ1v) is 6.73. The minimum atomic E-state index is -0.396. The molecular weight excluding hydrogens is 302 g/mol. The Hall–Kier alpha value is -1.92. The number of nitriles is 1. The van der Waals surface area contributed by atoms with Gasteiger partial charge in [0.25, 0.3) is 0 Å². The van der Waals surface area contributed by atoms with Gasteiger partial charge in [-0.3, -0.25) is 4.79 Å². The Morgan fingerprint density at radius 2 is 1.89 bits per heavy atom. The molecule has 0 aliphatic carbocycles. The average Bonchev–Trinajstić information content (AvgIpc) is 2.45. The van der Waals surface area contributed by atoms with Gasteiger partial charge in [-0.05, 0) is 17.7 Å². The standard InChI is InChI=1S/C16H12BrNO/c17-15-8-4-7-13(9-15)16(19)10-14(11-18)12-5-2-1-3-6-12/h1-9,14H,10H2. The summed E-state index contributed by atoms with van der Waals surface area (Å²) < 4.78 is 0.867. The van der Waals surface area contributed by atoms with Crippen LogP contribution in [0.25, 0.3) is 0 Å². The van der Waals surface area contributed by atoms with Gasteiger partial charge in [-0.2, -0.15) is 5.26 Å². The number of Topliss-reactive ketones (excluding diaryl/α,β-unsaturated/α-hetero) is 1. The highest BCUT2D eigenvalue weighted by Crippen LogP contribution is 2.22. The van der Waals surface area contributed by atoms with E-state index >= 15 is 0 Å². The van der Waals surface area contributed by atoms with Crippen molar-refractivity contribution in [1.29, 1.82) is 5.26 Å². The highest BCUT2D eigenvalue weighted by molar-refractivity contribution is 9.10. The Morgan fingerprint density at radius 3 is 2.53 bits per heavy atom. The van der Waals surface area contributed by atoms with Crippen LogP contribution in [-0.4, -0.2) is 5.78 Å². The van der Waals surface area contributed by atoms with Crippen molar-refractivity contribution in [3.05, 3.63) is 70.2 Å². The third-order valence-electron chi connectivity index (χ3n) is 2.89. The molecule has 0 saturated carbocycles. The molecule has 2 aromatic carbocycles. The summed E-state index contributed by atoms with van der Waals surface area (Å²) in [5.41, 5.74) is 1.51. The molecule has 0 amide bonds. The van der Waals surface area contributed by atoms with E-state index in [0.717, 1.165) is 10.0 Å². The minimum Gasteiger partial charge on any atom is -0.294 e. The second kappa shape index (κ2) is 6.31. The van der Waals surface area contributed by atoms with Gasteiger partial charge in [-0.1, -0.05) is 58.4 Å². The lowest BCUT2D eigenvalue weighted by Gasteiger charge is -2.08. The van der Waals surface area contributed by atoms with Crippen molar-refractivity contribution in [2.24, 2.45) is 0 Å². The van der Waals surface area contributed by atoms with Crippen LogP contribution >= 0.6 is 15.9 Å². The number of carbonyl (C=O) groups excluding carboxylic acids is 1. The van der Waals surface area contributed by atoms with Crippen molar-refractivity contribution >= 4 is 21.7 Å². The maximum Gasteiger partial charge on any atom is 0.164 e. The molecule has 2 aromatic rings. The van der Waals surface area contributed by atoms with Crippen LogP contribution in [0.1, 0.15) is 28.3 Å². The molecule has 1 atom stereocenters. The van der Waals surface area contributed by atoms with Gasteiger partial charge in [0.15, 0.2) is 5.78 Å². The van der Waals surface area contributed by atoms with Gasteiger partial charge in [0.1, 0.15) is 0 Å². The summed E-state index contributed by atoms with van der Waals surface area (Å²) in [5.74, 6) is -0.413. The second-order valence-electron chi connectivity index (χ2n) is 4.23. The van der Waals surface area contributed by atoms with Gasteiger partial charge >= 0.3 is 0 Å². The zero-order valence-corrected chi connectivity index (χ0v) is 11.8. The summed E-state index contributed by atoms with van der Waals surface area (Å²) >= 11 is 3.34. The summed E-state index contributed by atoms with van der Waals surface area (Å²) in [4.78, 5) is 12.2. The lowest BCUT2D eigenvalue weighted by molar-refractivity contribution is 0.0979. The van der Waals surface area contributed by atoms with Crippen LogP contribution in [0.2, 0.25) is 0 Å². The fourth-order valence-corrected chi connectivity index (χ4v) is 2.29. The van der Waals surface area contributed by atoms with Crippen LogP contribution < -0.4 is 0 Å². The third kappa shape index (κ3) is 3.52. The third-order valence-corrected chi connectivity index (χ3v) is 3.39. The van der Waals surface area contributed by atoms with Crippen LogP contribution in [0.15, 0.2) is 59.1 Å². The Balaban J connectivity index is 2.16. The van der Waals surface area contributed by atoms with E-state index in [0.29, 0.717) is 5.56 Å². The number of hydrogen-bond acceptors (Lipinski definition) is 2. The number of rotatable bonds is 4. The Bertz CT molecular complexity index is 616. The zero-order chi connectivity index (χ0) is 13.7. The van der Waals surface area contributed by atoms with Gasteiger partial charge in [-0.25, -0.2) is 0 Å². The van der Waals surface area contributed by atoms with Crippen molar-refractivity contribution in [2.75, 3.05) is 0 Å². The molecule has 19 heavy (non-hydrogen) atoms. The summed E-state index contributed by atoms with van der Waals surface area (Å²) in [6.45, 7) is 0. The quantitative estimate of drug-likeness (QED) is 0.788. The topological polar surface area (TPSA) is 40.9 Å². The first-order valence-electron chi connectivity index (χ1n) is 5.94. The van der Waals surface area contributed by atoms with Gasteiger partial charge in [0.05, 0.1) is 12.0 Å². The van der Waals surface area contributed by atoms with E-state index in [9.17, 15) is 10.1 Å². The Morgan fingerprint density at radius 1 is 1.16 bits per heavy atom. The molecule has 0 aromatic heterocycles. The van der Waals surface area contributed by atoms with Crippen LogP contribution in [-0.2, 0) is 0 Å².